The normalized spacial score (nSPS) is 23.4. The van der Waals surface area contributed by atoms with Crippen LogP contribution in [0.2, 0.25) is 0 Å². The quantitative estimate of drug-likeness (QED) is 0.587. The maximum Gasteiger partial charge on any atom is 0.161 e. The first kappa shape index (κ1) is 13.3. The molecule has 16 heavy (non-hydrogen) atoms. The van der Waals surface area contributed by atoms with Gasteiger partial charge in [-0.15, -0.1) is 17.0 Å². The highest BCUT2D eigenvalue weighted by molar-refractivity contribution is 8.93. The fourth-order valence-electron chi connectivity index (χ4n) is 2.16. The number of aliphatic hydroxyl groups is 1. The molecule has 0 saturated heterocycles. The fraction of sp³-hybridized carbons (Fsp3) is 0.455. The predicted molar refractivity (Wildman–Crippen MR) is 66.2 cm³/mol. The van der Waals surface area contributed by atoms with E-state index in [1.165, 1.54) is 6.07 Å². The Kier molecular flexibility index (Phi) is 4.18. The van der Waals surface area contributed by atoms with Crippen LogP contribution in [0.4, 0.5) is 0 Å². The molecule has 0 aromatic heterocycles. The number of aromatic hydroxyl groups is 2. The number of likely N-dealkylation sites (N-methyl/N-ethyl adjacent to an activating group) is 1. The topological polar surface area (TPSA) is 72.7 Å². The molecule has 5 heteroatoms. The Balaban J connectivity index is 0.00000128. The molecule has 0 radical (unpaired) electrons. The highest BCUT2D eigenvalue weighted by atomic mass is 79.9. The molecule has 2 unspecified atom stereocenters. The average Bonchev–Trinajstić information content (AvgIpc) is 2.24. The van der Waals surface area contributed by atoms with Gasteiger partial charge in [0.2, 0.25) is 0 Å². The van der Waals surface area contributed by atoms with Gasteiger partial charge >= 0.3 is 0 Å². The minimum atomic E-state index is -0.620. The number of rotatable bonds is 1. The average molecular weight is 290 g/mol. The summed E-state index contributed by atoms with van der Waals surface area (Å²) in [5.74, 6) is -0.218. The number of benzene rings is 1. The Morgan fingerprint density at radius 2 is 2.00 bits per heavy atom. The van der Waals surface area contributed by atoms with Crippen molar-refractivity contribution in [3.05, 3.63) is 23.3 Å². The Hall–Kier alpha value is -0.780. The number of aliphatic hydroxyl groups excluding tert-OH is 1. The maximum atomic E-state index is 9.98. The molecule has 1 aromatic carbocycles. The Morgan fingerprint density at radius 1 is 1.31 bits per heavy atom. The molecule has 0 amide bonds. The van der Waals surface area contributed by atoms with Crippen LogP contribution in [0.5, 0.6) is 11.5 Å². The third kappa shape index (κ3) is 2.03. The van der Waals surface area contributed by atoms with Crippen molar-refractivity contribution in [2.45, 2.75) is 25.0 Å². The van der Waals surface area contributed by atoms with Gasteiger partial charge in [0.15, 0.2) is 11.5 Å². The summed E-state index contributed by atoms with van der Waals surface area (Å²) in [5.41, 5.74) is 1.37. The van der Waals surface area contributed by atoms with Gasteiger partial charge in [0, 0.05) is 11.6 Å². The van der Waals surface area contributed by atoms with E-state index in [1.54, 1.807) is 13.1 Å². The lowest BCUT2D eigenvalue weighted by Crippen LogP contribution is -2.35. The van der Waals surface area contributed by atoms with Crippen molar-refractivity contribution in [1.82, 2.24) is 5.32 Å². The van der Waals surface area contributed by atoms with Gasteiger partial charge in [-0.1, -0.05) is 6.07 Å². The van der Waals surface area contributed by atoms with Gasteiger partial charge in [-0.25, -0.2) is 0 Å². The highest BCUT2D eigenvalue weighted by Gasteiger charge is 2.29. The first-order valence-corrected chi connectivity index (χ1v) is 5.04. The molecule has 0 spiro atoms. The van der Waals surface area contributed by atoms with Crippen molar-refractivity contribution in [2.75, 3.05) is 7.05 Å². The van der Waals surface area contributed by atoms with Gasteiger partial charge in [-0.05, 0) is 31.5 Å². The van der Waals surface area contributed by atoms with Crippen LogP contribution in [-0.2, 0) is 6.42 Å². The summed E-state index contributed by atoms with van der Waals surface area (Å²) in [6.07, 6.45) is 0.796. The minimum Gasteiger partial charge on any atom is -0.504 e. The SMILES string of the molecule is Br.CNC1CCc2c(ccc(O)c2O)C1O. The molecule has 0 aliphatic heterocycles. The minimum absolute atomic E-state index is 0. The number of phenolic OH excluding ortho intramolecular Hbond substituents is 2. The molecule has 0 bridgehead atoms. The van der Waals surface area contributed by atoms with E-state index in [9.17, 15) is 15.3 Å². The fourth-order valence-corrected chi connectivity index (χ4v) is 2.16. The second-order valence-corrected chi connectivity index (χ2v) is 3.88. The van der Waals surface area contributed by atoms with E-state index in [4.69, 9.17) is 0 Å². The molecule has 1 aliphatic carbocycles. The van der Waals surface area contributed by atoms with Crippen LogP contribution in [0.15, 0.2) is 12.1 Å². The van der Waals surface area contributed by atoms with Gasteiger partial charge in [-0.3, -0.25) is 0 Å². The summed E-state index contributed by atoms with van der Waals surface area (Å²) >= 11 is 0. The van der Waals surface area contributed by atoms with Crippen LogP contribution in [0.25, 0.3) is 0 Å². The molecule has 1 aromatic rings. The molecule has 0 heterocycles. The molecule has 4 N–H and O–H groups in total. The molecule has 2 atom stereocenters. The zero-order valence-corrected chi connectivity index (χ0v) is 10.7. The maximum absolute atomic E-state index is 9.98. The summed E-state index contributed by atoms with van der Waals surface area (Å²) in [6.45, 7) is 0. The van der Waals surface area contributed by atoms with Gasteiger partial charge in [0.05, 0.1) is 6.10 Å². The number of halogens is 1. The molecule has 0 fully saturated rings. The largest absolute Gasteiger partial charge is 0.504 e. The van der Waals surface area contributed by atoms with E-state index >= 15 is 0 Å². The lowest BCUT2D eigenvalue weighted by atomic mass is 9.85. The Morgan fingerprint density at radius 3 is 2.62 bits per heavy atom. The number of phenols is 2. The first-order chi connectivity index (χ1) is 7.15. The monoisotopic (exact) mass is 289 g/mol. The summed E-state index contributed by atoms with van der Waals surface area (Å²) in [7, 11) is 1.80. The Bertz CT molecular complexity index is 384. The van der Waals surface area contributed by atoms with E-state index in [-0.39, 0.29) is 34.5 Å². The van der Waals surface area contributed by atoms with E-state index in [0.717, 1.165) is 6.42 Å². The highest BCUT2D eigenvalue weighted by Crippen LogP contribution is 2.39. The second-order valence-electron chi connectivity index (χ2n) is 3.88. The van der Waals surface area contributed by atoms with Crippen molar-refractivity contribution < 1.29 is 15.3 Å². The lowest BCUT2D eigenvalue weighted by molar-refractivity contribution is 0.118. The van der Waals surface area contributed by atoms with Crippen LogP contribution < -0.4 is 5.32 Å². The summed E-state index contributed by atoms with van der Waals surface area (Å²) in [6, 6.07) is 3.09. The smallest absolute Gasteiger partial charge is 0.161 e. The van der Waals surface area contributed by atoms with Crippen LogP contribution in [-0.4, -0.2) is 28.4 Å². The van der Waals surface area contributed by atoms with Crippen molar-refractivity contribution in [3.63, 3.8) is 0 Å². The third-order valence-electron chi connectivity index (χ3n) is 3.07. The van der Waals surface area contributed by atoms with E-state index in [1.807, 2.05) is 0 Å². The number of nitrogens with one attached hydrogen (secondary N) is 1. The zero-order chi connectivity index (χ0) is 11.0. The van der Waals surface area contributed by atoms with E-state index < -0.39 is 6.10 Å². The van der Waals surface area contributed by atoms with Gasteiger partial charge in [0.1, 0.15) is 0 Å². The predicted octanol–water partition coefficient (Wildman–Crippen LogP) is 1.24. The summed E-state index contributed by atoms with van der Waals surface area (Å²) in [4.78, 5) is 0. The molecule has 4 nitrogen and oxygen atoms in total. The van der Waals surface area contributed by atoms with Gasteiger partial charge < -0.3 is 20.6 Å². The number of hydrogen-bond donors (Lipinski definition) is 4. The van der Waals surface area contributed by atoms with Crippen molar-refractivity contribution in [1.29, 1.82) is 0 Å². The molecule has 0 saturated carbocycles. The number of hydrogen-bond acceptors (Lipinski definition) is 4. The molecule has 2 rings (SSSR count). The second kappa shape index (κ2) is 5.03. The lowest BCUT2D eigenvalue weighted by Gasteiger charge is -2.30. The third-order valence-corrected chi connectivity index (χ3v) is 3.07. The van der Waals surface area contributed by atoms with E-state index in [0.29, 0.717) is 17.5 Å². The van der Waals surface area contributed by atoms with Crippen LogP contribution in [0, 0.1) is 0 Å². The molecule has 1 aliphatic rings. The molecular weight excluding hydrogens is 274 g/mol. The van der Waals surface area contributed by atoms with Gasteiger partial charge in [0.25, 0.3) is 0 Å². The van der Waals surface area contributed by atoms with Crippen molar-refractivity contribution in [3.8, 4) is 11.5 Å². The number of fused-ring (bicyclic) bond motifs is 1. The van der Waals surface area contributed by atoms with Crippen molar-refractivity contribution >= 4 is 17.0 Å². The zero-order valence-electron chi connectivity index (χ0n) is 8.97. The first-order valence-electron chi connectivity index (χ1n) is 5.04. The molecular formula is C11H16BrNO3. The van der Waals surface area contributed by atoms with Gasteiger partial charge in [-0.2, -0.15) is 0 Å². The van der Waals surface area contributed by atoms with Crippen molar-refractivity contribution in [2.24, 2.45) is 0 Å². The standard InChI is InChI=1S/C11H15NO3.BrH/c1-12-8-4-2-7-6(10(8)14)3-5-9(13)11(7)15;/h3,5,8,10,12-15H,2,4H2,1H3;1H. The van der Waals surface area contributed by atoms with Crippen LogP contribution in [0.3, 0.4) is 0 Å². The summed E-state index contributed by atoms with van der Waals surface area (Å²) in [5, 5.41) is 32.0. The van der Waals surface area contributed by atoms with E-state index in [2.05, 4.69) is 5.32 Å². The Labute approximate surface area is 105 Å². The summed E-state index contributed by atoms with van der Waals surface area (Å²) < 4.78 is 0. The van der Waals surface area contributed by atoms with Crippen LogP contribution in [0.1, 0.15) is 23.7 Å². The molecule has 90 valence electrons. The van der Waals surface area contributed by atoms with Crippen LogP contribution >= 0.6 is 17.0 Å².